The molecule has 0 aliphatic carbocycles. The lowest BCUT2D eigenvalue weighted by atomic mass is 10.3. The lowest BCUT2D eigenvalue weighted by Crippen LogP contribution is -2.28. The van der Waals surface area contributed by atoms with Gasteiger partial charge in [0.05, 0.1) is 12.3 Å². The van der Waals surface area contributed by atoms with E-state index in [4.69, 9.17) is 10.5 Å². The van der Waals surface area contributed by atoms with Crippen molar-refractivity contribution in [2.45, 2.75) is 6.42 Å². The molecule has 0 atom stereocenters. The Bertz CT molecular complexity index is 401. The van der Waals surface area contributed by atoms with Crippen molar-refractivity contribution in [3.8, 4) is 0 Å². The van der Waals surface area contributed by atoms with E-state index in [-0.39, 0.29) is 5.91 Å². The monoisotopic (exact) mass is 316 g/mol. The molecule has 1 amide bonds. The van der Waals surface area contributed by atoms with E-state index in [1.54, 1.807) is 19.4 Å². The van der Waals surface area contributed by atoms with Crippen LogP contribution in [0.1, 0.15) is 6.42 Å². The molecule has 0 fully saturated rings. The molecule has 6 nitrogen and oxygen atoms in total. The Balaban J connectivity index is 2.26. The molecule has 0 aromatic carbocycles. The molecule has 0 aliphatic rings. The number of nitrogen functional groups attached to an aromatic ring is 1. The van der Waals surface area contributed by atoms with Gasteiger partial charge in [0.1, 0.15) is 5.82 Å². The molecule has 18 heavy (non-hydrogen) atoms. The second-order valence-electron chi connectivity index (χ2n) is 3.61. The van der Waals surface area contributed by atoms with Gasteiger partial charge in [0.2, 0.25) is 5.91 Å². The lowest BCUT2D eigenvalue weighted by Gasteiger charge is -2.08. The van der Waals surface area contributed by atoms with E-state index in [2.05, 4.69) is 31.5 Å². The highest BCUT2D eigenvalue weighted by Crippen LogP contribution is 2.19. The molecule has 0 saturated heterocycles. The molecule has 0 radical (unpaired) electrons. The van der Waals surface area contributed by atoms with Gasteiger partial charge in [0.25, 0.3) is 0 Å². The maximum absolute atomic E-state index is 11.4. The number of nitrogens with one attached hydrogen (secondary N) is 2. The molecule has 0 saturated carbocycles. The molecule has 100 valence electrons. The topological polar surface area (TPSA) is 89.3 Å². The number of carbonyl (C=O) groups excluding carboxylic acids is 1. The van der Waals surface area contributed by atoms with E-state index in [1.165, 1.54) is 0 Å². The van der Waals surface area contributed by atoms with Crippen molar-refractivity contribution in [3.05, 3.63) is 16.7 Å². The highest BCUT2D eigenvalue weighted by atomic mass is 79.9. The summed E-state index contributed by atoms with van der Waals surface area (Å²) in [6.45, 7) is 1.52. The number of methoxy groups -OCH3 is 1. The zero-order valence-electron chi connectivity index (χ0n) is 10.2. The molecule has 0 bridgehead atoms. The number of rotatable bonds is 7. The zero-order valence-corrected chi connectivity index (χ0v) is 11.8. The molecule has 1 aromatic heterocycles. The van der Waals surface area contributed by atoms with Crippen LogP contribution in [-0.4, -0.2) is 37.7 Å². The summed E-state index contributed by atoms with van der Waals surface area (Å²) in [6.07, 6.45) is 2.01. The van der Waals surface area contributed by atoms with Gasteiger partial charge in [-0.1, -0.05) is 0 Å². The number of anilines is 2. The summed E-state index contributed by atoms with van der Waals surface area (Å²) in [4.78, 5) is 15.5. The Kier molecular flexibility index (Phi) is 6.45. The Hall–Kier alpha value is -1.34. The smallest absolute Gasteiger partial charge is 0.221 e. The molecule has 0 spiro atoms. The van der Waals surface area contributed by atoms with Gasteiger partial charge in [0.15, 0.2) is 0 Å². The van der Waals surface area contributed by atoms with Gasteiger partial charge in [-0.2, -0.15) is 0 Å². The highest BCUT2D eigenvalue weighted by Gasteiger charge is 2.03. The third kappa shape index (κ3) is 5.33. The predicted molar refractivity (Wildman–Crippen MR) is 74.3 cm³/mol. The third-order valence-electron chi connectivity index (χ3n) is 2.16. The number of amides is 1. The average molecular weight is 317 g/mol. The van der Waals surface area contributed by atoms with Crippen LogP contribution in [-0.2, 0) is 9.53 Å². The molecular weight excluding hydrogens is 300 g/mol. The molecule has 0 unspecified atom stereocenters. The number of ether oxygens (including phenoxy) is 1. The van der Waals surface area contributed by atoms with E-state index in [0.29, 0.717) is 37.6 Å². The van der Waals surface area contributed by atoms with Crippen LogP contribution in [0.15, 0.2) is 16.7 Å². The summed E-state index contributed by atoms with van der Waals surface area (Å²) in [7, 11) is 1.59. The van der Waals surface area contributed by atoms with Gasteiger partial charge in [-0.15, -0.1) is 0 Å². The first kappa shape index (κ1) is 14.7. The number of nitrogens with two attached hydrogens (primary N) is 1. The van der Waals surface area contributed by atoms with E-state index in [0.717, 1.165) is 4.47 Å². The van der Waals surface area contributed by atoms with Crippen LogP contribution >= 0.6 is 15.9 Å². The van der Waals surface area contributed by atoms with Crippen molar-refractivity contribution in [1.82, 2.24) is 10.3 Å². The summed E-state index contributed by atoms with van der Waals surface area (Å²) in [6, 6.07) is 1.76. The van der Waals surface area contributed by atoms with Crippen LogP contribution in [0.3, 0.4) is 0 Å². The zero-order chi connectivity index (χ0) is 13.4. The Morgan fingerprint density at radius 3 is 3.00 bits per heavy atom. The average Bonchev–Trinajstić information content (AvgIpc) is 2.32. The van der Waals surface area contributed by atoms with E-state index in [1.807, 2.05) is 0 Å². The van der Waals surface area contributed by atoms with Crippen molar-refractivity contribution in [2.24, 2.45) is 0 Å². The number of aromatic nitrogens is 1. The normalized spacial score (nSPS) is 10.1. The Morgan fingerprint density at radius 1 is 1.56 bits per heavy atom. The van der Waals surface area contributed by atoms with Gasteiger partial charge in [0, 0.05) is 37.3 Å². The minimum Gasteiger partial charge on any atom is -0.396 e. The van der Waals surface area contributed by atoms with Gasteiger partial charge in [-0.3, -0.25) is 4.79 Å². The number of nitrogens with zero attached hydrogens (tertiary/aromatic N) is 1. The number of hydrogen-bond acceptors (Lipinski definition) is 5. The van der Waals surface area contributed by atoms with Crippen LogP contribution in [0.25, 0.3) is 0 Å². The molecule has 7 heteroatoms. The molecular formula is C11H17BrN4O2. The molecule has 1 heterocycles. The summed E-state index contributed by atoms with van der Waals surface area (Å²) in [5.41, 5.74) is 6.31. The van der Waals surface area contributed by atoms with E-state index >= 15 is 0 Å². The minimum absolute atomic E-state index is 0.0322. The first-order valence-corrected chi connectivity index (χ1v) is 6.33. The van der Waals surface area contributed by atoms with Gasteiger partial charge < -0.3 is 21.1 Å². The van der Waals surface area contributed by atoms with Crippen LogP contribution < -0.4 is 16.4 Å². The number of carbonyl (C=O) groups is 1. The fraction of sp³-hybridized carbons (Fsp3) is 0.455. The summed E-state index contributed by atoms with van der Waals surface area (Å²) < 4.78 is 5.65. The van der Waals surface area contributed by atoms with Gasteiger partial charge in [-0.05, 0) is 22.0 Å². The van der Waals surface area contributed by atoms with Crippen molar-refractivity contribution in [2.75, 3.05) is 37.9 Å². The number of halogens is 1. The van der Waals surface area contributed by atoms with Crippen LogP contribution in [0.4, 0.5) is 11.5 Å². The second-order valence-corrected chi connectivity index (χ2v) is 4.53. The Morgan fingerprint density at radius 2 is 2.33 bits per heavy atom. The minimum atomic E-state index is -0.0322. The first-order valence-electron chi connectivity index (χ1n) is 5.54. The Labute approximate surface area is 114 Å². The fourth-order valence-corrected chi connectivity index (χ4v) is 1.63. The third-order valence-corrected chi connectivity index (χ3v) is 2.59. The van der Waals surface area contributed by atoms with Crippen molar-refractivity contribution in [1.29, 1.82) is 0 Å². The quantitative estimate of drug-likeness (QED) is 0.653. The first-order chi connectivity index (χ1) is 8.63. The van der Waals surface area contributed by atoms with Crippen molar-refractivity contribution < 1.29 is 9.53 Å². The van der Waals surface area contributed by atoms with E-state index < -0.39 is 0 Å². The van der Waals surface area contributed by atoms with Crippen LogP contribution in [0.2, 0.25) is 0 Å². The van der Waals surface area contributed by atoms with Crippen molar-refractivity contribution >= 4 is 33.3 Å². The second kappa shape index (κ2) is 7.88. The van der Waals surface area contributed by atoms with Crippen LogP contribution in [0, 0.1) is 0 Å². The summed E-state index contributed by atoms with van der Waals surface area (Å²) in [5.74, 6) is 0.554. The van der Waals surface area contributed by atoms with Crippen molar-refractivity contribution in [3.63, 3.8) is 0 Å². The highest BCUT2D eigenvalue weighted by molar-refractivity contribution is 9.10. The largest absolute Gasteiger partial charge is 0.396 e. The summed E-state index contributed by atoms with van der Waals surface area (Å²) >= 11 is 3.28. The predicted octanol–water partition coefficient (Wildman–Crippen LogP) is 0.991. The molecule has 4 N–H and O–H groups in total. The number of pyridine rings is 1. The SMILES string of the molecule is COCCNC(=O)CCNc1ncc(Br)cc1N. The molecule has 1 rings (SSSR count). The standard InChI is InChI=1S/C11H17BrN4O2/c1-18-5-4-14-10(17)2-3-15-11-9(13)6-8(12)7-16-11/h6-7H,2-5,13H2,1H3,(H,14,17)(H,15,16). The maximum atomic E-state index is 11.4. The fourth-order valence-electron chi connectivity index (χ4n) is 1.28. The lowest BCUT2D eigenvalue weighted by molar-refractivity contribution is -0.121. The van der Waals surface area contributed by atoms with Gasteiger partial charge >= 0.3 is 0 Å². The maximum Gasteiger partial charge on any atom is 0.221 e. The number of hydrogen-bond donors (Lipinski definition) is 3. The molecule has 1 aromatic rings. The van der Waals surface area contributed by atoms with E-state index in [9.17, 15) is 4.79 Å². The van der Waals surface area contributed by atoms with Gasteiger partial charge in [-0.25, -0.2) is 4.98 Å². The summed E-state index contributed by atoms with van der Waals surface area (Å²) in [5, 5.41) is 5.74. The molecule has 0 aliphatic heterocycles. The van der Waals surface area contributed by atoms with Crippen LogP contribution in [0.5, 0.6) is 0 Å².